The number of allylic oxidation sites excluding steroid dienone is 7. The average molecular weight is 1050 g/mol. The number of rotatable bonds is 62. The highest BCUT2D eigenvalue weighted by Gasteiger charge is 2.18. The van der Waals surface area contributed by atoms with Crippen LogP contribution in [-0.2, 0) is 14.3 Å². The van der Waals surface area contributed by atoms with E-state index in [1.54, 1.807) is 6.08 Å². The van der Waals surface area contributed by atoms with Crippen molar-refractivity contribution in [2.24, 2.45) is 0 Å². The van der Waals surface area contributed by atoms with Crippen molar-refractivity contribution in [2.45, 2.75) is 366 Å². The summed E-state index contributed by atoms with van der Waals surface area (Å²) in [7, 11) is 0. The highest BCUT2D eigenvalue weighted by atomic mass is 16.5. The molecular weight excluding hydrogens is 923 g/mol. The summed E-state index contributed by atoms with van der Waals surface area (Å²) in [5.74, 6) is -0.0613. The van der Waals surface area contributed by atoms with E-state index in [1.165, 1.54) is 276 Å². The first-order chi connectivity index (χ1) is 37.0. The zero-order chi connectivity index (χ0) is 54.3. The Hall–Kier alpha value is -2.18. The van der Waals surface area contributed by atoms with Crippen molar-refractivity contribution in [1.29, 1.82) is 0 Å². The van der Waals surface area contributed by atoms with Crippen LogP contribution in [0.25, 0.3) is 0 Å². The number of ether oxygens (including phenoxy) is 1. The van der Waals surface area contributed by atoms with Gasteiger partial charge in [0.25, 0.3) is 0 Å². The zero-order valence-electron chi connectivity index (χ0n) is 50.3. The minimum atomic E-state index is -0.845. The first-order valence-electron chi connectivity index (χ1n) is 33.4. The molecule has 0 saturated carbocycles. The summed E-state index contributed by atoms with van der Waals surface area (Å²) < 4.78 is 5.50. The average Bonchev–Trinajstić information content (AvgIpc) is 3.41. The van der Waals surface area contributed by atoms with Gasteiger partial charge in [0.1, 0.15) is 0 Å². The molecule has 3 N–H and O–H groups in total. The molecule has 6 heteroatoms. The molecule has 0 rings (SSSR count). The highest BCUT2D eigenvalue weighted by Crippen LogP contribution is 2.17. The summed E-state index contributed by atoms with van der Waals surface area (Å²) in [6, 6.07) is -0.628. The van der Waals surface area contributed by atoms with Crippen LogP contribution in [0.1, 0.15) is 354 Å². The molecule has 0 aliphatic carbocycles. The molecule has 0 aliphatic rings. The van der Waals surface area contributed by atoms with E-state index in [4.69, 9.17) is 4.74 Å². The van der Waals surface area contributed by atoms with Crippen molar-refractivity contribution < 1.29 is 24.5 Å². The molecule has 2 unspecified atom stereocenters. The first kappa shape index (κ1) is 72.8. The SMILES string of the molecule is CCCCCC/C=C\C/C=C\CCCCCCCCCC(=O)OCCCCCCCCCCCCCC/C=C\CCCCCCCCCCCCCC(=O)NC(CO)C(O)/C=C/CCCCCCCCCCCCC. The molecule has 0 bridgehead atoms. The van der Waals surface area contributed by atoms with Crippen LogP contribution in [0.2, 0.25) is 0 Å². The van der Waals surface area contributed by atoms with Gasteiger partial charge in [-0.2, -0.15) is 0 Å². The maximum atomic E-state index is 12.5. The number of hydrogen-bond acceptors (Lipinski definition) is 5. The summed E-state index contributed by atoms with van der Waals surface area (Å²) in [5, 5.41) is 23.1. The molecule has 0 radical (unpaired) electrons. The van der Waals surface area contributed by atoms with Gasteiger partial charge < -0.3 is 20.3 Å². The Morgan fingerprint density at radius 3 is 1.04 bits per heavy atom. The van der Waals surface area contributed by atoms with E-state index < -0.39 is 12.1 Å². The van der Waals surface area contributed by atoms with Crippen LogP contribution in [0.3, 0.4) is 0 Å². The second kappa shape index (κ2) is 64.3. The van der Waals surface area contributed by atoms with Gasteiger partial charge in [-0.15, -0.1) is 0 Å². The maximum absolute atomic E-state index is 12.5. The Morgan fingerprint density at radius 2 is 0.667 bits per heavy atom. The second-order valence-electron chi connectivity index (χ2n) is 22.8. The summed E-state index contributed by atoms with van der Waals surface area (Å²) in [6.07, 6.45) is 83.2. The lowest BCUT2D eigenvalue weighted by Gasteiger charge is -2.20. The number of carbonyl (C=O) groups excluding carboxylic acids is 2. The smallest absolute Gasteiger partial charge is 0.305 e. The van der Waals surface area contributed by atoms with Gasteiger partial charge in [-0.3, -0.25) is 9.59 Å². The lowest BCUT2D eigenvalue weighted by Crippen LogP contribution is -2.45. The first-order valence-corrected chi connectivity index (χ1v) is 33.4. The Morgan fingerprint density at radius 1 is 0.373 bits per heavy atom. The van der Waals surface area contributed by atoms with Crippen LogP contribution in [0, 0.1) is 0 Å². The molecule has 0 spiro atoms. The molecule has 0 saturated heterocycles. The molecule has 0 aliphatic heterocycles. The van der Waals surface area contributed by atoms with Crippen LogP contribution in [0.15, 0.2) is 48.6 Å². The Labute approximate surface area is 467 Å². The topological polar surface area (TPSA) is 95.9 Å². The molecule has 2 atom stereocenters. The maximum Gasteiger partial charge on any atom is 0.305 e. The molecule has 75 heavy (non-hydrogen) atoms. The zero-order valence-corrected chi connectivity index (χ0v) is 50.3. The molecule has 440 valence electrons. The van der Waals surface area contributed by atoms with E-state index in [0.29, 0.717) is 19.4 Å². The van der Waals surface area contributed by atoms with Gasteiger partial charge in [-0.1, -0.05) is 300 Å². The monoisotopic (exact) mass is 1050 g/mol. The number of esters is 1. The fraction of sp³-hybridized carbons (Fsp3) is 0.855. The van der Waals surface area contributed by atoms with E-state index in [2.05, 4.69) is 55.6 Å². The number of aliphatic hydroxyl groups excluding tert-OH is 2. The number of hydrogen-bond donors (Lipinski definition) is 3. The van der Waals surface area contributed by atoms with Crippen LogP contribution < -0.4 is 5.32 Å². The van der Waals surface area contributed by atoms with Crippen LogP contribution >= 0.6 is 0 Å². The van der Waals surface area contributed by atoms with Gasteiger partial charge in [0, 0.05) is 12.8 Å². The fourth-order valence-corrected chi connectivity index (χ4v) is 10.2. The normalized spacial score (nSPS) is 12.9. The molecule has 0 heterocycles. The van der Waals surface area contributed by atoms with Crippen molar-refractivity contribution in [3.05, 3.63) is 48.6 Å². The fourth-order valence-electron chi connectivity index (χ4n) is 10.2. The third kappa shape index (κ3) is 60.9. The quantitative estimate of drug-likeness (QED) is 0.0320. The molecule has 6 nitrogen and oxygen atoms in total. The van der Waals surface area contributed by atoms with E-state index in [-0.39, 0.29) is 18.5 Å². The lowest BCUT2D eigenvalue weighted by molar-refractivity contribution is -0.143. The molecule has 0 aromatic carbocycles. The third-order valence-electron chi connectivity index (χ3n) is 15.3. The summed E-state index contributed by atoms with van der Waals surface area (Å²) in [4.78, 5) is 24.5. The van der Waals surface area contributed by atoms with Gasteiger partial charge in [-0.05, 0) is 89.9 Å². The van der Waals surface area contributed by atoms with Crippen LogP contribution in [0.5, 0.6) is 0 Å². The van der Waals surface area contributed by atoms with Gasteiger partial charge >= 0.3 is 5.97 Å². The number of amides is 1. The van der Waals surface area contributed by atoms with Crippen molar-refractivity contribution in [3.63, 3.8) is 0 Å². The third-order valence-corrected chi connectivity index (χ3v) is 15.3. The Balaban J connectivity index is 3.39. The predicted octanol–water partition coefficient (Wildman–Crippen LogP) is 21.3. The van der Waals surface area contributed by atoms with E-state index in [1.807, 2.05) is 6.08 Å². The largest absolute Gasteiger partial charge is 0.466 e. The number of nitrogens with one attached hydrogen (secondary N) is 1. The Kier molecular flexibility index (Phi) is 62.5. The summed E-state index contributed by atoms with van der Waals surface area (Å²) >= 11 is 0. The van der Waals surface area contributed by atoms with E-state index in [9.17, 15) is 19.8 Å². The van der Waals surface area contributed by atoms with Crippen molar-refractivity contribution in [2.75, 3.05) is 13.2 Å². The van der Waals surface area contributed by atoms with Crippen molar-refractivity contribution in [1.82, 2.24) is 5.32 Å². The van der Waals surface area contributed by atoms with Crippen LogP contribution in [-0.4, -0.2) is 47.4 Å². The highest BCUT2D eigenvalue weighted by molar-refractivity contribution is 5.76. The number of carbonyl (C=O) groups is 2. The summed E-state index contributed by atoms with van der Waals surface area (Å²) in [6.45, 7) is 4.89. The minimum absolute atomic E-state index is 0.00728. The second-order valence-corrected chi connectivity index (χ2v) is 22.8. The van der Waals surface area contributed by atoms with Crippen LogP contribution in [0.4, 0.5) is 0 Å². The van der Waals surface area contributed by atoms with E-state index >= 15 is 0 Å². The number of unbranched alkanes of at least 4 members (excludes halogenated alkanes) is 45. The number of aliphatic hydroxyl groups is 2. The standard InChI is InChI=1S/C69H129NO5/c1-3-5-7-9-11-13-15-17-18-19-32-35-39-43-47-51-55-59-63-69(74)75-64-60-56-52-48-44-40-36-33-30-28-26-24-22-20-21-23-25-27-29-31-34-38-42-46-50-54-58-62-68(73)70-66(65-71)67(72)61-57-53-49-45-41-37-16-14-12-10-8-6-4-2/h13,15,18-21,57,61,66-67,71-72H,3-12,14,16-17,22-56,58-60,62-65H2,1-2H3,(H,70,73)/b15-13-,19-18-,21-20-,61-57+. The minimum Gasteiger partial charge on any atom is -0.466 e. The van der Waals surface area contributed by atoms with Gasteiger partial charge in [0.2, 0.25) is 5.91 Å². The summed E-state index contributed by atoms with van der Waals surface area (Å²) in [5.41, 5.74) is 0. The molecule has 0 fully saturated rings. The van der Waals surface area contributed by atoms with Gasteiger partial charge in [0.15, 0.2) is 0 Å². The lowest BCUT2D eigenvalue weighted by atomic mass is 10.0. The predicted molar refractivity (Wildman–Crippen MR) is 329 cm³/mol. The van der Waals surface area contributed by atoms with Gasteiger partial charge in [-0.25, -0.2) is 0 Å². The molecule has 1 amide bonds. The van der Waals surface area contributed by atoms with E-state index in [0.717, 1.165) is 51.4 Å². The molecule has 0 aromatic heterocycles. The van der Waals surface area contributed by atoms with Crippen molar-refractivity contribution in [3.8, 4) is 0 Å². The van der Waals surface area contributed by atoms with Gasteiger partial charge in [0.05, 0.1) is 25.4 Å². The molecular formula is C69H129NO5. The molecule has 0 aromatic rings. The van der Waals surface area contributed by atoms with Crippen molar-refractivity contribution >= 4 is 11.9 Å². The Bertz CT molecular complexity index is 1260.